The van der Waals surface area contributed by atoms with Crippen molar-refractivity contribution in [2.75, 3.05) is 26.2 Å². The third-order valence-corrected chi connectivity index (χ3v) is 6.39. The van der Waals surface area contributed by atoms with Gasteiger partial charge in [0.25, 0.3) is 0 Å². The van der Waals surface area contributed by atoms with Crippen LogP contribution in [0.5, 0.6) is 5.75 Å². The quantitative estimate of drug-likeness (QED) is 0.505. The predicted molar refractivity (Wildman–Crippen MR) is 121 cm³/mol. The maximum atomic E-state index is 5.99. The Hall–Kier alpha value is -2.59. The molecule has 1 saturated heterocycles. The first-order valence-corrected chi connectivity index (χ1v) is 11.5. The second-order valence-electron chi connectivity index (χ2n) is 8.50. The minimum Gasteiger partial charge on any atom is -0.494 e. The molecule has 2 heterocycles. The van der Waals surface area contributed by atoms with E-state index in [0.717, 1.165) is 49.5 Å². The van der Waals surface area contributed by atoms with Gasteiger partial charge in [-0.1, -0.05) is 30.3 Å². The number of aromatic nitrogens is 2. The Morgan fingerprint density at radius 3 is 2.40 bits per heavy atom. The van der Waals surface area contributed by atoms with Gasteiger partial charge in [0.2, 0.25) is 0 Å². The Bertz CT molecular complexity index is 956. The summed E-state index contributed by atoms with van der Waals surface area (Å²) in [7, 11) is 0. The molecule has 1 aliphatic heterocycles. The number of hydrogen-bond acceptors (Lipinski definition) is 3. The van der Waals surface area contributed by atoms with E-state index in [1.807, 2.05) is 0 Å². The Morgan fingerprint density at radius 1 is 0.833 bits per heavy atom. The van der Waals surface area contributed by atoms with Gasteiger partial charge in [0, 0.05) is 23.4 Å². The Balaban J connectivity index is 1.30. The molecule has 0 bridgehead atoms. The molecule has 3 aromatic rings. The topological polar surface area (TPSA) is 30.3 Å². The average molecular weight is 402 g/mol. The molecule has 30 heavy (non-hydrogen) atoms. The standard InChI is InChI=1S/C26H31N3O/c1-2-9-21(10-3-1)26-24-11-4-5-12-25(24)29(27-26)22-13-15-23(16-14-22)30-20-8-19-28-17-6-7-18-28/h1-3,9-10,13-16H,4-8,11-12,17-20H2. The first kappa shape index (κ1) is 19.4. The van der Waals surface area contributed by atoms with Gasteiger partial charge < -0.3 is 9.64 Å². The third kappa shape index (κ3) is 4.15. The van der Waals surface area contributed by atoms with Crippen LogP contribution in [0.3, 0.4) is 0 Å². The zero-order valence-electron chi connectivity index (χ0n) is 17.7. The average Bonchev–Trinajstić information content (AvgIpc) is 3.46. The lowest BCUT2D eigenvalue weighted by molar-refractivity contribution is 0.263. The van der Waals surface area contributed by atoms with E-state index in [1.165, 1.54) is 55.6 Å². The van der Waals surface area contributed by atoms with E-state index in [4.69, 9.17) is 9.84 Å². The van der Waals surface area contributed by atoms with Crippen molar-refractivity contribution < 1.29 is 4.74 Å². The van der Waals surface area contributed by atoms with Crippen molar-refractivity contribution in [3.8, 4) is 22.7 Å². The zero-order chi connectivity index (χ0) is 20.2. The molecule has 2 aliphatic rings. The van der Waals surface area contributed by atoms with Crippen LogP contribution in [0.15, 0.2) is 54.6 Å². The van der Waals surface area contributed by atoms with Crippen molar-refractivity contribution in [1.29, 1.82) is 0 Å². The number of rotatable bonds is 7. The molecule has 0 radical (unpaired) electrons. The molecule has 1 aliphatic carbocycles. The molecule has 2 aromatic carbocycles. The van der Waals surface area contributed by atoms with Crippen LogP contribution in [0.1, 0.15) is 43.4 Å². The van der Waals surface area contributed by atoms with Crippen LogP contribution < -0.4 is 4.74 Å². The van der Waals surface area contributed by atoms with Crippen molar-refractivity contribution in [3.63, 3.8) is 0 Å². The summed E-state index contributed by atoms with van der Waals surface area (Å²) in [6.45, 7) is 4.45. The minimum absolute atomic E-state index is 0.783. The van der Waals surface area contributed by atoms with Gasteiger partial charge in [0.15, 0.2) is 0 Å². The van der Waals surface area contributed by atoms with Crippen LogP contribution in [0, 0.1) is 0 Å². The molecule has 156 valence electrons. The van der Waals surface area contributed by atoms with E-state index in [2.05, 4.69) is 64.2 Å². The summed E-state index contributed by atoms with van der Waals surface area (Å²) in [5.74, 6) is 0.949. The van der Waals surface area contributed by atoms with Crippen LogP contribution >= 0.6 is 0 Å². The van der Waals surface area contributed by atoms with Gasteiger partial charge in [0.1, 0.15) is 5.75 Å². The van der Waals surface area contributed by atoms with Gasteiger partial charge in [0.05, 0.1) is 18.0 Å². The van der Waals surface area contributed by atoms with Crippen molar-refractivity contribution in [3.05, 3.63) is 65.9 Å². The second-order valence-corrected chi connectivity index (χ2v) is 8.50. The largest absolute Gasteiger partial charge is 0.494 e. The van der Waals surface area contributed by atoms with Crippen LogP contribution in [-0.4, -0.2) is 40.9 Å². The molecule has 0 spiro atoms. The van der Waals surface area contributed by atoms with Gasteiger partial charge >= 0.3 is 0 Å². The fourth-order valence-corrected chi connectivity index (χ4v) is 4.81. The molecule has 0 atom stereocenters. The highest BCUT2D eigenvalue weighted by atomic mass is 16.5. The molecule has 5 rings (SSSR count). The molecule has 0 N–H and O–H groups in total. The van der Waals surface area contributed by atoms with Crippen LogP contribution in [0.2, 0.25) is 0 Å². The number of nitrogens with zero attached hydrogens (tertiary/aromatic N) is 3. The summed E-state index contributed by atoms with van der Waals surface area (Å²) < 4.78 is 8.15. The summed E-state index contributed by atoms with van der Waals surface area (Å²) in [4.78, 5) is 2.54. The number of likely N-dealkylation sites (tertiary alicyclic amines) is 1. The fourth-order valence-electron chi connectivity index (χ4n) is 4.81. The van der Waals surface area contributed by atoms with E-state index >= 15 is 0 Å². The molecule has 1 fully saturated rings. The monoisotopic (exact) mass is 401 g/mol. The molecule has 1 aromatic heterocycles. The van der Waals surface area contributed by atoms with Gasteiger partial charge in [-0.2, -0.15) is 5.10 Å². The summed E-state index contributed by atoms with van der Waals surface area (Å²) in [6.07, 6.45) is 8.52. The van der Waals surface area contributed by atoms with E-state index in [9.17, 15) is 0 Å². The van der Waals surface area contributed by atoms with Crippen LogP contribution in [-0.2, 0) is 12.8 Å². The number of ether oxygens (including phenoxy) is 1. The maximum absolute atomic E-state index is 5.99. The Kier molecular flexibility index (Phi) is 5.85. The maximum Gasteiger partial charge on any atom is 0.119 e. The normalized spacial score (nSPS) is 16.5. The van der Waals surface area contributed by atoms with Gasteiger partial charge in [-0.3, -0.25) is 0 Å². The zero-order valence-corrected chi connectivity index (χ0v) is 17.7. The third-order valence-electron chi connectivity index (χ3n) is 6.39. The molecule has 0 saturated carbocycles. The molecular formula is C26H31N3O. The van der Waals surface area contributed by atoms with Crippen molar-refractivity contribution in [1.82, 2.24) is 14.7 Å². The lowest BCUT2D eigenvalue weighted by Gasteiger charge is -2.15. The lowest BCUT2D eigenvalue weighted by Crippen LogP contribution is -2.21. The van der Waals surface area contributed by atoms with Crippen LogP contribution in [0.25, 0.3) is 16.9 Å². The number of hydrogen-bond donors (Lipinski definition) is 0. The van der Waals surface area contributed by atoms with Gasteiger partial charge in [-0.25, -0.2) is 4.68 Å². The summed E-state index contributed by atoms with van der Waals surface area (Å²) >= 11 is 0. The fraction of sp³-hybridized carbons (Fsp3) is 0.423. The number of fused-ring (bicyclic) bond motifs is 1. The van der Waals surface area contributed by atoms with E-state index < -0.39 is 0 Å². The van der Waals surface area contributed by atoms with Gasteiger partial charge in [-0.15, -0.1) is 0 Å². The molecule has 0 unspecified atom stereocenters. The van der Waals surface area contributed by atoms with E-state index in [1.54, 1.807) is 0 Å². The molecular weight excluding hydrogens is 370 g/mol. The summed E-state index contributed by atoms with van der Waals surface area (Å²) in [5, 5.41) is 5.05. The van der Waals surface area contributed by atoms with Gasteiger partial charge in [-0.05, 0) is 82.3 Å². The van der Waals surface area contributed by atoms with Crippen molar-refractivity contribution in [2.45, 2.75) is 44.9 Å². The predicted octanol–water partition coefficient (Wildman–Crippen LogP) is 5.28. The first-order valence-electron chi connectivity index (χ1n) is 11.5. The lowest BCUT2D eigenvalue weighted by atomic mass is 9.93. The summed E-state index contributed by atoms with van der Waals surface area (Å²) in [6, 6.07) is 19.1. The molecule has 4 heteroatoms. The van der Waals surface area contributed by atoms with E-state index in [-0.39, 0.29) is 0 Å². The SMILES string of the molecule is c1ccc(-c2nn(-c3ccc(OCCCN4CCCC4)cc3)c3c2CCCC3)cc1. The minimum atomic E-state index is 0.783. The Morgan fingerprint density at radius 2 is 1.60 bits per heavy atom. The molecule has 0 amide bonds. The van der Waals surface area contributed by atoms with Crippen molar-refractivity contribution in [2.24, 2.45) is 0 Å². The second kappa shape index (κ2) is 9.05. The first-order chi connectivity index (χ1) is 14.9. The Labute approximate surface area is 179 Å². The number of benzene rings is 2. The van der Waals surface area contributed by atoms with Crippen LogP contribution in [0.4, 0.5) is 0 Å². The smallest absolute Gasteiger partial charge is 0.119 e. The van der Waals surface area contributed by atoms with Crippen molar-refractivity contribution >= 4 is 0 Å². The highest BCUT2D eigenvalue weighted by Gasteiger charge is 2.22. The highest BCUT2D eigenvalue weighted by molar-refractivity contribution is 5.65. The van der Waals surface area contributed by atoms with E-state index in [0.29, 0.717) is 0 Å². The molecule has 4 nitrogen and oxygen atoms in total. The highest BCUT2D eigenvalue weighted by Crippen LogP contribution is 2.33. The summed E-state index contributed by atoms with van der Waals surface area (Å²) in [5.41, 5.74) is 6.29.